The highest BCUT2D eigenvalue weighted by molar-refractivity contribution is 8.18. The van der Waals surface area contributed by atoms with E-state index < -0.39 is 0 Å². The van der Waals surface area contributed by atoms with Crippen molar-refractivity contribution in [2.75, 3.05) is 0 Å². The minimum Gasteiger partial charge on any atom is -0.282 e. The fraction of sp³-hybridized carbons (Fsp3) is 0.125. The Hall–Kier alpha value is -2.07. The monoisotopic (exact) mass is 283 g/mol. The Kier molecular flexibility index (Phi) is 3.56. The summed E-state index contributed by atoms with van der Waals surface area (Å²) in [7, 11) is 0. The van der Waals surface area contributed by atoms with Crippen molar-refractivity contribution in [1.29, 1.82) is 0 Å². The van der Waals surface area contributed by atoms with Crippen LogP contribution < -0.4 is 5.32 Å². The summed E-state index contributed by atoms with van der Waals surface area (Å²) >= 11 is 0.948. The van der Waals surface area contributed by atoms with Crippen LogP contribution in [0.15, 0.2) is 47.4 Å². The summed E-state index contributed by atoms with van der Waals surface area (Å²) in [6.07, 6.45) is 10.3. The number of thioether (sulfide) groups is 1. The minimum atomic E-state index is -0.317. The largest absolute Gasteiger partial charge is 0.290 e. The highest BCUT2D eigenvalue weighted by atomic mass is 32.2. The Morgan fingerprint density at radius 2 is 2.00 bits per heavy atom. The fourth-order valence-corrected chi connectivity index (χ4v) is 2.93. The molecule has 20 heavy (non-hydrogen) atoms. The number of rotatable bonds is 2. The smallest absolute Gasteiger partial charge is 0.282 e. The van der Waals surface area contributed by atoms with Crippen molar-refractivity contribution >= 4 is 34.6 Å². The Morgan fingerprint density at radius 3 is 2.70 bits per heavy atom. The van der Waals surface area contributed by atoms with Crippen LogP contribution in [0.5, 0.6) is 0 Å². The highest BCUT2D eigenvalue weighted by Gasteiger charge is 2.25. The second-order valence-corrected chi connectivity index (χ2v) is 5.59. The molecular weight excluding hydrogens is 270 g/mol. The zero-order valence-corrected chi connectivity index (χ0v) is 11.6. The van der Waals surface area contributed by atoms with E-state index in [1.165, 1.54) is 5.57 Å². The molecule has 1 N–H and O–H groups in total. The molecule has 100 valence electrons. The Balaban J connectivity index is 2.00. The number of carbonyl (C=O) groups excluding carboxylic acids is 2. The number of amides is 2. The lowest BCUT2D eigenvalue weighted by Crippen LogP contribution is -2.17. The number of hydrogen-bond acceptors (Lipinski definition) is 3. The lowest BCUT2D eigenvalue weighted by Gasteiger charge is -2.10. The molecule has 0 spiro atoms. The van der Waals surface area contributed by atoms with Crippen LogP contribution in [0.2, 0.25) is 0 Å². The van der Waals surface area contributed by atoms with Gasteiger partial charge in [-0.3, -0.25) is 14.9 Å². The van der Waals surface area contributed by atoms with Crippen LogP contribution in [-0.2, 0) is 4.79 Å². The van der Waals surface area contributed by atoms with Crippen molar-refractivity contribution in [1.82, 2.24) is 5.32 Å². The third-order valence-electron chi connectivity index (χ3n) is 3.20. The molecule has 3 rings (SSSR count). The van der Waals surface area contributed by atoms with E-state index in [1.807, 2.05) is 24.3 Å². The predicted octanol–water partition coefficient (Wildman–Crippen LogP) is 3.74. The third kappa shape index (κ3) is 2.60. The van der Waals surface area contributed by atoms with E-state index in [1.54, 1.807) is 6.08 Å². The zero-order valence-electron chi connectivity index (χ0n) is 10.8. The summed E-state index contributed by atoms with van der Waals surface area (Å²) in [5.74, 6) is -0.317. The van der Waals surface area contributed by atoms with Crippen LogP contribution in [0.4, 0.5) is 4.79 Å². The van der Waals surface area contributed by atoms with Gasteiger partial charge in [-0.15, -0.1) is 0 Å². The van der Waals surface area contributed by atoms with Crippen molar-refractivity contribution in [3.8, 4) is 0 Å². The van der Waals surface area contributed by atoms with Gasteiger partial charge in [-0.2, -0.15) is 0 Å². The molecule has 0 atom stereocenters. The third-order valence-corrected chi connectivity index (χ3v) is 4.01. The molecule has 2 amide bonds. The SMILES string of the molecule is O=C1NC(=O)/C(=C/c2ccccc2C2=CCCC=C2)S1. The summed E-state index contributed by atoms with van der Waals surface area (Å²) in [5, 5.41) is 1.96. The Labute approximate surface area is 121 Å². The van der Waals surface area contributed by atoms with E-state index in [9.17, 15) is 9.59 Å². The predicted molar refractivity (Wildman–Crippen MR) is 81.9 cm³/mol. The van der Waals surface area contributed by atoms with Crippen LogP contribution in [0.25, 0.3) is 11.6 Å². The standard InChI is InChI=1S/C16H13NO2S/c18-15-14(20-16(19)17-15)10-12-8-4-5-9-13(12)11-6-2-1-3-7-11/h2,4-10H,1,3H2,(H,17,18,19)/b14-10-. The molecule has 1 heterocycles. The van der Waals surface area contributed by atoms with Crippen LogP contribution in [0, 0.1) is 0 Å². The molecule has 2 aliphatic rings. The van der Waals surface area contributed by atoms with E-state index in [-0.39, 0.29) is 11.1 Å². The first-order chi connectivity index (χ1) is 9.74. The number of imide groups is 1. The molecule has 4 heteroatoms. The van der Waals surface area contributed by atoms with Gasteiger partial charge in [0, 0.05) is 0 Å². The van der Waals surface area contributed by atoms with Gasteiger partial charge in [0.2, 0.25) is 0 Å². The molecule has 1 saturated heterocycles. The number of benzene rings is 1. The van der Waals surface area contributed by atoms with E-state index in [0.29, 0.717) is 4.91 Å². The fourth-order valence-electron chi connectivity index (χ4n) is 2.26. The number of hydrogen-bond donors (Lipinski definition) is 1. The molecule has 0 bridgehead atoms. The zero-order chi connectivity index (χ0) is 13.9. The van der Waals surface area contributed by atoms with Crippen LogP contribution in [-0.4, -0.2) is 11.1 Å². The quantitative estimate of drug-likeness (QED) is 0.841. The van der Waals surface area contributed by atoms with Gasteiger partial charge < -0.3 is 0 Å². The number of allylic oxidation sites excluding steroid dienone is 4. The molecule has 1 aliphatic heterocycles. The van der Waals surface area contributed by atoms with Gasteiger partial charge in [0.1, 0.15) is 0 Å². The molecule has 1 fully saturated rings. The van der Waals surface area contributed by atoms with Gasteiger partial charge in [0.15, 0.2) is 0 Å². The second-order valence-electron chi connectivity index (χ2n) is 4.58. The van der Waals surface area contributed by atoms with Crippen LogP contribution in [0.1, 0.15) is 24.0 Å². The summed E-state index contributed by atoms with van der Waals surface area (Å²) < 4.78 is 0. The van der Waals surface area contributed by atoms with Gasteiger partial charge in [-0.05, 0) is 47.4 Å². The Bertz CT molecular complexity index is 671. The lowest BCUT2D eigenvalue weighted by atomic mass is 9.95. The molecule has 0 unspecified atom stereocenters. The van der Waals surface area contributed by atoms with Gasteiger partial charge >= 0.3 is 0 Å². The normalized spacial score (nSPS) is 20.2. The van der Waals surface area contributed by atoms with E-state index in [4.69, 9.17) is 0 Å². The molecule has 0 radical (unpaired) electrons. The topological polar surface area (TPSA) is 46.2 Å². The van der Waals surface area contributed by atoms with Crippen molar-refractivity contribution < 1.29 is 9.59 Å². The maximum atomic E-state index is 11.6. The number of carbonyl (C=O) groups is 2. The van der Waals surface area contributed by atoms with Gasteiger partial charge in [-0.1, -0.05) is 42.5 Å². The van der Waals surface area contributed by atoms with Gasteiger partial charge in [-0.25, -0.2) is 0 Å². The molecule has 1 aliphatic carbocycles. The first-order valence-electron chi connectivity index (χ1n) is 6.45. The molecule has 1 aromatic carbocycles. The first-order valence-corrected chi connectivity index (χ1v) is 7.26. The van der Waals surface area contributed by atoms with Crippen molar-refractivity contribution in [3.05, 3.63) is 58.5 Å². The molecule has 0 aromatic heterocycles. The van der Waals surface area contributed by atoms with Crippen LogP contribution >= 0.6 is 11.8 Å². The Morgan fingerprint density at radius 1 is 1.15 bits per heavy atom. The summed E-state index contributed by atoms with van der Waals surface area (Å²) in [4.78, 5) is 23.3. The highest BCUT2D eigenvalue weighted by Crippen LogP contribution is 2.30. The summed E-state index contributed by atoms with van der Waals surface area (Å²) in [6, 6.07) is 7.91. The van der Waals surface area contributed by atoms with Crippen molar-refractivity contribution in [2.45, 2.75) is 12.8 Å². The minimum absolute atomic E-state index is 0.310. The van der Waals surface area contributed by atoms with E-state index >= 15 is 0 Å². The average Bonchev–Trinajstić information content (AvgIpc) is 2.78. The summed E-state index contributed by atoms with van der Waals surface area (Å²) in [6.45, 7) is 0. The van der Waals surface area contributed by atoms with Crippen molar-refractivity contribution in [2.24, 2.45) is 0 Å². The van der Waals surface area contributed by atoms with Crippen LogP contribution in [0.3, 0.4) is 0 Å². The van der Waals surface area contributed by atoms with E-state index in [2.05, 4.69) is 23.5 Å². The molecule has 0 saturated carbocycles. The number of nitrogens with one attached hydrogen (secondary N) is 1. The summed E-state index contributed by atoms with van der Waals surface area (Å²) in [5.41, 5.74) is 3.21. The van der Waals surface area contributed by atoms with Gasteiger partial charge in [0.25, 0.3) is 11.1 Å². The van der Waals surface area contributed by atoms with Gasteiger partial charge in [0.05, 0.1) is 4.91 Å². The average molecular weight is 283 g/mol. The van der Waals surface area contributed by atoms with E-state index in [0.717, 1.165) is 35.7 Å². The lowest BCUT2D eigenvalue weighted by molar-refractivity contribution is -0.115. The van der Waals surface area contributed by atoms with Crippen molar-refractivity contribution in [3.63, 3.8) is 0 Å². The maximum Gasteiger partial charge on any atom is 0.290 e. The molecular formula is C16H13NO2S. The maximum absolute atomic E-state index is 11.6. The second kappa shape index (κ2) is 5.51. The first kappa shape index (κ1) is 12.9. The molecule has 1 aromatic rings. The molecule has 3 nitrogen and oxygen atoms in total.